The molecule has 0 nitrogen and oxygen atoms in total. The molecule has 0 bridgehead atoms. The molecule has 3 heteroatoms. The molecule has 1 aromatic rings. The van der Waals surface area contributed by atoms with Crippen LogP contribution < -0.4 is 0 Å². The normalized spacial score (nSPS) is 9.25. The van der Waals surface area contributed by atoms with Crippen LogP contribution in [0.15, 0.2) is 12.1 Å². The van der Waals surface area contributed by atoms with Crippen molar-refractivity contribution in [1.29, 1.82) is 0 Å². The Morgan fingerprint density at radius 2 is 1.75 bits per heavy atom. The molecule has 60 valence electrons. The van der Waals surface area contributed by atoms with E-state index in [-0.39, 0.29) is 19.5 Å². The topological polar surface area (TPSA) is 0 Å². The molecular formula is C9H9F2Zn+. The Morgan fingerprint density at radius 1 is 1.25 bits per heavy atom. The van der Waals surface area contributed by atoms with E-state index in [1.807, 2.05) is 13.0 Å². The minimum Gasteiger partial charge on any atom is -0.236 e. The molecule has 0 saturated carbocycles. The van der Waals surface area contributed by atoms with Gasteiger partial charge in [0.15, 0.2) is 0 Å². The number of hydrogen-bond donors (Lipinski definition) is 0. The van der Waals surface area contributed by atoms with Gasteiger partial charge in [0, 0.05) is 11.6 Å². The molecule has 0 unspecified atom stereocenters. The number of rotatable bonds is 2. The number of halogens is 2. The first kappa shape index (κ1) is 11.7. The van der Waals surface area contributed by atoms with E-state index < -0.39 is 11.6 Å². The molecule has 0 heterocycles. The van der Waals surface area contributed by atoms with Gasteiger partial charge in [0.05, 0.1) is 0 Å². The summed E-state index contributed by atoms with van der Waals surface area (Å²) in [6, 6.07) is 4.56. The van der Waals surface area contributed by atoms with Gasteiger partial charge in [-0.05, 0) is 0 Å². The molecule has 1 rings (SSSR count). The van der Waals surface area contributed by atoms with Crippen molar-refractivity contribution in [3.05, 3.63) is 35.4 Å². The van der Waals surface area contributed by atoms with Crippen LogP contribution >= 0.6 is 0 Å². The smallest absolute Gasteiger partial charge is 0.236 e. The van der Waals surface area contributed by atoms with Gasteiger partial charge in [-0.1, -0.05) is 19.8 Å². The van der Waals surface area contributed by atoms with E-state index in [1.54, 1.807) is 0 Å². The van der Waals surface area contributed by atoms with Gasteiger partial charge in [-0.2, -0.15) is 5.56 Å². The molecule has 0 amide bonds. The maximum absolute atomic E-state index is 12.5. The van der Waals surface area contributed by atoms with E-state index in [0.717, 1.165) is 6.42 Å². The van der Waals surface area contributed by atoms with Crippen molar-refractivity contribution in [2.24, 2.45) is 0 Å². The van der Waals surface area contributed by atoms with E-state index in [0.29, 0.717) is 12.0 Å². The molecule has 12 heavy (non-hydrogen) atoms. The Bertz CT molecular complexity index is 228. The van der Waals surface area contributed by atoms with E-state index in [1.165, 1.54) is 12.1 Å². The van der Waals surface area contributed by atoms with Crippen molar-refractivity contribution in [1.82, 2.24) is 0 Å². The summed E-state index contributed by atoms with van der Waals surface area (Å²) in [4.78, 5) is 0. The van der Waals surface area contributed by atoms with Crippen LogP contribution in [0, 0.1) is 17.7 Å². The molecule has 1 aromatic carbocycles. The zero-order valence-corrected chi connectivity index (χ0v) is 10.00. The molecule has 0 spiro atoms. The van der Waals surface area contributed by atoms with Crippen LogP contribution in [0.3, 0.4) is 0 Å². The molecule has 0 aliphatic rings. The van der Waals surface area contributed by atoms with Gasteiger partial charge < -0.3 is 0 Å². The summed E-state index contributed by atoms with van der Waals surface area (Å²) < 4.78 is 24.9. The predicted molar refractivity (Wildman–Crippen MR) is 39.2 cm³/mol. The van der Waals surface area contributed by atoms with Gasteiger partial charge in [-0.25, -0.2) is 8.78 Å². The largest absolute Gasteiger partial charge is 2.00 e. The summed E-state index contributed by atoms with van der Waals surface area (Å²) in [5.74, 6) is -1.23. The summed E-state index contributed by atoms with van der Waals surface area (Å²) >= 11 is 0. The van der Waals surface area contributed by atoms with Gasteiger partial charge in [-0.15, -0.1) is 18.2 Å². The Balaban J connectivity index is 0.00000121. The minimum absolute atomic E-state index is 0. The fraction of sp³-hybridized carbons (Fsp3) is 0.333. The number of aryl methyl sites for hydroxylation is 1. The fourth-order valence-corrected chi connectivity index (χ4v) is 0.986. The average Bonchev–Trinajstić information content (AvgIpc) is 1.85. The summed E-state index contributed by atoms with van der Waals surface area (Å²) in [6.07, 6.45) is 1.60. The number of benzene rings is 1. The molecule has 0 fully saturated rings. The molecule has 0 radical (unpaired) electrons. The Morgan fingerprint density at radius 3 is 2.17 bits per heavy atom. The molecule has 0 aliphatic carbocycles. The van der Waals surface area contributed by atoms with E-state index in [4.69, 9.17) is 0 Å². The first-order valence-electron chi connectivity index (χ1n) is 3.59. The Kier molecular flexibility index (Phi) is 5.23. The molecular weight excluding hydrogens is 211 g/mol. The van der Waals surface area contributed by atoms with Crippen LogP contribution in [0.25, 0.3) is 0 Å². The van der Waals surface area contributed by atoms with Crippen LogP contribution in [0.4, 0.5) is 8.78 Å². The Hall–Kier alpha value is -0.297. The van der Waals surface area contributed by atoms with Crippen LogP contribution in [0.5, 0.6) is 0 Å². The van der Waals surface area contributed by atoms with Crippen LogP contribution in [0.2, 0.25) is 0 Å². The van der Waals surface area contributed by atoms with Crippen molar-refractivity contribution in [2.45, 2.75) is 19.8 Å². The van der Waals surface area contributed by atoms with Crippen molar-refractivity contribution in [2.75, 3.05) is 0 Å². The third-order valence-electron chi connectivity index (χ3n) is 1.40. The van der Waals surface area contributed by atoms with Gasteiger partial charge in [0.1, 0.15) is 0 Å². The number of hydrogen-bond acceptors (Lipinski definition) is 0. The Labute approximate surface area is 83.7 Å². The summed E-state index contributed by atoms with van der Waals surface area (Å²) in [7, 11) is 0. The van der Waals surface area contributed by atoms with E-state index >= 15 is 0 Å². The SMILES string of the molecule is CCCc1cc(F)[c-]c(F)c1.[Zn+2]. The molecule has 0 atom stereocenters. The zero-order valence-electron chi connectivity index (χ0n) is 7.03. The third-order valence-corrected chi connectivity index (χ3v) is 1.40. The summed E-state index contributed by atoms with van der Waals surface area (Å²) in [5.41, 5.74) is 0.696. The summed E-state index contributed by atoms with van der Waals surface area (Å²) in [5, 5.41) is 0. The second-order valence-electron chi connectivity index (χ2n) is 2.43. The summed E-state index contributed by atoms with van der Waals surface area (Å²) in [6.45, 7) is 1.96. The predicted octanol–water partition coefficient (Wildman–Crippen LogP) is 2.71. The maximum atomic E-state index is 12.5. The first-order chi connectivity index (χ1) is 5.22. The van der Waals surface area contributed by atoms with Gasteiger partial charge in [-0.3, -0.25) is 0 Å². The van der Waals surface area contributed by atoms with Gasteiger partial charge in [0.2, 0.25) is 0 Å². The van der Waals surface area contributed by atoms with Crippen molar-refractivity contribution in [3.8, 4) is 0 Å². The molecule has 0 saturated heterocycles. The zero-order chi connectivity index (χ0) is 8.27. The minimum atomic E-state index is -0.617. The van der Waals surface area contributed by atoms with Crippen molar-refractivity contribution in [3.63, 3.8) is 0 Å². The van der Waals surface area contributed by atoms with Crippen molar-refractivity contribution >= 4 is 0 Å². The van der Waals surface area contributed by atoms with Crippen LogP contribution in [-0.2, 0) is 25.9 Å². The second-order valence-corrected chi connectivity index (χ2v) is 2.43. The fourth-order valence-electron chi connectivity index (χ4n) is 0.986. The van der Waals surface area contributed by atoms with Gasteiger partial charge >= 0.3 is 19.5 Å². The van der Waals surface area contributed by atoms with Crippen LogP contribution in [-0.4, -0.2) is 0 Å². The van der Waals surface area contributed by atoms with E-state index in [2.05, 4.69) is 0 Å². The monoisotopic (exact) mass is 219 g/mol. The quantitative estimate of drug-likeness (QED) is 0.531. The molecule has 0 aromatic heterocycles. The van der Waals surface area contributed by atoms with E-state index in [9.17, 15) is 8.78 Å². The average molecular weight is 221 g/mol. The first-order valence-corrected chi connectivity index (χ1v) is 3.59. The van der Waals surface area contributed by atoms with Crippen LogP contribution in [0.1, 0.15) is 18.9 Å². The maximum Gasteiger partial charge on any atom is 2.00 e. The molecule has 0 aliphatic heterocycles. The standard InChI is InChI=1S/C9H9F2.Zn/c1-2-3-7-4-8(10)6-9(11)5-7;/h4-5H,2-3H2,1H3;/q-1;+2. The molecule has 0 N–H and O–H groups in total. The third kappa shape index (κ3) is 3.40. The van der Waals surface area contributed by atoms with Gasteiger partial charge in [0.25, 0.3) is 0 Å². The van der Waals surface area contributed by atoms with Crippen molar-refractivity contribution < 1.29 is 28.3 Å². The second kappa shape index (κ2) is 5.37.